The van der Waals surface area contributed by atoms with E-state index >= 15 is 0 Å². The van der Waals surface area contributed by atoms with Gasteiger partial charge in [-0.25, -0.2) is 0 Å². The van der Waals surface area contributed by atoms with Gasteiger partial charge in [0.1, 0.15) is 0 Å². The summed E-state index contributed by atoms with van der Waals surface area (Å²) in [6, 6.07) is 0. The van der Waals surface area contributed by atoms with Crippen molar-refractivity contribution in [1.29, 1.82) is 0 Å². The molecule has 0 radical (unpaired) electrons. The van der Waals surface area contributed by atoms with Gasteiger partial charge >= 0.3 is 0 Å². The zero-order valence-electron chi connectivity index (χ0n) is 13.5. The van der Waals surface area contributed by atoms with Gasteiger partial charge in [0.2, 0.25) is 5.91 Å². The number of Topliss-reactive ketones (excluding diaryl/α,β-unsaturated/α-hetero) is 1. The molecule has 0 bridgehead atoms. The molecule has 1 rings (SSSR count). The number of hydrogen-bond acceptors (Lipinski definition) is 4. The van der Waals surface area contributed by atoms with Gasteiger partial charge in [0.15, 0.2) is 5.78 Å². The maximum atomic E-state index is 12.2. The molecule has 21 heavy (non-hydrogen) atoms. The summed E-state index contributed by atoms with van der Waals surface area (Å²) in [7, 11) is 0. The van der Waals surface area contributed by atoms with Crippen LogP contribution in [-0.4, -0.2) is 43.5 Å². The second kappa shape index (κ2) is 9.90. The standard InChI is InChI=1S/C16H30N2O3/c1-3-14(19)16(9-6-5-7-10-16)18-15(20)8-12-21-13-11-17-4-2/h17H,3-13H2,1-2H3,(H,18,20). The Morgan fingerprint density at radius 2 is 1.81 bits per heavy atom. The fourth-order valence-corrected chi connectivity index (χ4v) is 2.88. The van der Waals surface area contributed by atoms with Gasteiger partial charge in [-0.3, -0.25) is 9.59 Å². The Labute approximate surface area is 128 Å². The molecule has 2 N–H and O–H groups in total. The summed E-state index contributed by atoms with van der Waals surface area (Å²) >= 11 is 0. The second-order valence-electron chi connectivity index (χ2n) is 5.68. The highest BCUT2D eigenvalue weighted by Gasteiger charge is 2.39. The average molecular weight is 298 g/mol. The van der Waals surface area contributed by atoms with Gasteiger partial charge in [0.05, 0.1) is 18.8 Å². The fourth-order valence-electron chi connectivity index (χ4n) is 2.88. The highest BCUT2D eigenvalue weighted by atomic mass is 16.5. The van der Waals surface area contributed by atoms with Crippen LogP contribution in [0.3, 0.4) is 0 Å². The van der Waals surface area contributed by atoms with Crippen molar-refractivity contribution < 1.29 is 14.3 Å². The molecule has 5 nitrogen and oxygen atoms in total. The molecule has 122 valence electrons. The molecule has 1 aliphatic rings. The molecule has 0 aliphatic heterocycles. The van der Waals surface area contributed by atoms with Crippen LogP contribution < -0.4 is 10.6 Å². The monoisotopic (exact) mass is 298 g/mol. The molecular formula is C16H30N2O3. The normalized spacial score (nSPS) is 17.4. The summed E-state index contributed by atoms with van der Waals surface area (Å²) in [5, 5.41) is 6.16. The molecular weight excluding hydrogens is 268 g/mol. The first kappa shape index (κ1) is 18.1. The molecule has 1 aliphatic carbocycles. The van der Waals surface area contributed by atoms with E-state index < -0.39 is 5.54 Å². The summed E-state index contributed by atoms with van der Waals surface area (Å²) in [6.45, 7) is 6.66. The van der Waals surface area contributed by atoms with Crippen molar-refractivity contribution in [3.05, 3.63) is 0 Å². The van der Waals surface area contributed by atoms with Crippen LogP contribution in [0.1, 0.15) is 58.8 Å². The number of nitrogens with one attached hydrogen (secondary N) is 2. The predicted octanol–water partition coefficient (Wildman–Crippen LogP) is 1.80. The third-order valence-corrected chi connectivity index (χ3v) is 4.09. The molecule has 5 heteroatoms. The van der Waals surface area contributed by atoms with Crippen LogP contribution in [-0.2, 0) is 14.3 Å². The van der Waals surface area contributed by atoms with E-state index in [2.05, 4.69) is 10.6 Å². The summed E-state index contributed by atoms with van der Waals surface area (Å²) in [5.41, 5.74) is -0.603. The lowest BCUT2D eigenvalue weighted by Gasteiger charge is -2.36. The van der Waals surface area contributed by atoms with E-state index in [1.54, 1.807) is 0 Å². The summed E-state index contributed by atoms with van der Waals surface area (Å²) in [6.07, 6.45) is 5.57. The number of rotatable bonds is 10. The zero-order chi connectivity index (χ0) is 15.6. The lowest BCUT2D eigenvalue weighted by atomic mass is 9.77. The fraction of sp³-hybridized carbons (Fsp3) is 0.875. The van der Waals surface area contributed by atoms with Gasteiger partial charge < -0.3 is 15.4 Å². The second-order valence-corrected chi connectivity index (χ2v) is 5.68. The minimum absolute atomic E-state index is 0.0675. The minimum Gasteiger partial charge on any atom is -0.380 e. The first-order chi connectivity index (χ1) is 10.1. The summed E-state index contributed by atoms with van der Waals surface area (Å²) in [4.78, 5) is 24.3. The highest BCUT2D eigenvalue weighted by molar-refractivity contribution is 5.92. The lowest BCUT2D eigenvalue weighted by Crippen LogP contribution is -2.55. The van der Waals surface area contributed by atoms with Crippen molar-refractivity contribution in [2.75, 3.05) is 26.3 Å². The number of ether oxygens (including phenoxy) is 1. The maximum absolute atomic E-state index is 12.2. The van der Waals surface area contributed by atoms with E-state index in [-0.39, 0.29) is 11.7 Å². The van der Waals surface area contributed by atoms with Crippen LogP contribution in [0, 0.1) is 0 Å². The molecule has 1 fully saturated rings. The van der Waals surface area contributed by atoms with Crippen LogP contribution >= 0.6 is 0 Å². The Hall–Kier alpha value is -0.940. The minimum atomic E-state index is -0.603. The number of ketones is 1. The van der Waals surface area contributed by atoms with Crippen LogP contribution in [0.5, 0.6) is 0 Å². The van der Waals surface area contributed by atoms with Crippen molar-refractivity contribution in [3.63, 3.8) is 0 Å². The third kappa shape index (κ3) is 6.14. The SMILES string of the molecule is CCNCCOCCC(=O)NC1(C(=O)CC)CCCCC1. The molecule has 1 amide bonds. The van der Waals surface area contributed by atoms with Crippen molar-refractivity contribution >= 4 is 11.7 Å². The third-order valence-electron chi connectivity index (χ3n) is 4.09. The molecule has 0 spiro atoms. The zero-order valence-corrected chi connectivity index (χ0v) is 13.5. The summed E-state index contributed by atoms with van der Waals surface area (Å²) in [5.74, 6) is 0.103. The Morgan fingerprint density at radius 3 is 2.43 bits per heavy atom. The molecule has 0 aromatic carbocycles. The average Bonchev–Trinajstić information content (AvgIpc) is 2.50. The quantitative estimate of drug-likeness (QED) is 0.604. The molecule has 0 unspecified atom stereocenters. The van der Waals surface area contributed by atoms with Crippen LogP contribution in [0.2, 0.25) is 0 Å². The molecule has 0 heterocycles. The van der Waals surface area contributed by atoms with Crippen LogP contribution in [0.25, 0.3) is 0 Å². The first-order valence-corrected chi connectivity index (χ1v) is 8.27. The van der Waals surface area contributed by atoms with Crippen molar-refractivity contribution in [1.82, 2.24) is 10.6 Å². The van der Waals surface area contributed by atoms with Gasteiger partial charge in [0, 0.05) is 19.4 Å². The van der Waals surface area contributed by atoms with E-state index in [0.717, 1.165) is 45.2 Å². The van der Waals surface area contributed by atoms with E-state index in [1.807, 2.05) is 13.8 Å². The Balaban J connectivity index is 2.34. The molecule has 0 atom stereocenters. The smallest absolute Gasteiger partial charge is 0.223 e. The number of hydrogen-bond donors (Lipinski definition) is 2. The Bertz CT molecular complexity index is 325. The largest absolute Gasteiger partial charge is 0.380 e. The van der Waals surface area contributed by atoms with E-state index in [9.17, 15) is 9.59 Å². The first-order valence-electron chi connectivity index (χ1n) is 8.27. The Kier molecular flexibility index (Phi) is 8.54. The van der Waals surface area contributed by atoms with Crippen LogP contribution in [0.15, 0.2) is 0 Å². The van der Waals surface area contributed by atoms with Gasteiger partial charge in [0.25, 0.3) is 0 Å². The number of carbonyl (C=O) groups excluding carboxylic acids is 2. The van der Waals surface area contributed by atoms with Crippen LogP contribution in [0.4, 0.5) is 0 Å². The Morgan fingerprint density at radius 1 is 1.10 bits per heavy atom. The van der Waals surface area contributed by atoms with Crippen molar-refractivity contribution in [2.24, 2.45) is 0 Å². The lowest BCUT2D eigenvalue weighted by molar-refractivity contribution is -0.133. The molecule has 1 saturated carbocycles. The van der Waals surface area contributed by atoms with E-state index in [0.29, 0.717) is 26.1 Å². The number of likely N-dealkylation sites (N-methyl/N-ethyl adjacent to an activating group) is 1. The van der Waals surface area contributed by atoms with E-state index in [1.165, 1.54) is 0 Å². The molecule has 0 saturated heterocycles. The molecule has 0 aromatic heterocycles. The predicted molar refractivity (Wildman–Crippen MR) is 83.2 cm³/mol. The van der Waals surface area contributed by atoms with Gasteiger partial charge in [-0.15, -0.1) is 0 Å². The maximum Gasteiger partial charge on any atom is 0.223 e. The van der Waals surface area contributed by atoms with Gasteiger partial charge in [-0.1, -0.05) is 33.1 Å². The van der Waals surface area contributed by atoms with Gasteiger partial charge in [-0.05, 0) is 19.4 Å². The topological polar surface area (TPSA) is 67.4 Å². The number of amides is 1. The highest BCUT2D eigenvalue weighted by Crippen LogP contribution is 2.30. The molecule has 0 aromatic rings. The van der Waals surface area contributed by atoms with E-state index in [4.69, 9.17) is 4.74 Å². The number of carbonyl (C=O) groups is 2. The van der Waals surface area contributed by atoms with Crippen molar-refractivity contribution in [3.8, 4) is 0 Å². The summed E-state index contributed by atoms with van der Waals surface area (Å²) < 4.78 is 5.41. The van der Waals surface area contributed by atoms with Crippen molar-refractivity contribution in [2.45, 2.75) is 64.3 Å². The van der Waals surface area contributed by atoms with Gasteiger partial charge in [-0.2, -0.15) is 0 Å².